The largest absolute Gasteiger partial charge is 0.325 e. The maximum absolute atomic E-state index is 5.86. The number of hydrogen-bond donors (Lipinski definition) is 1. The Kier molecular flexibility index (Phi) is 5.73. The van der Waals surface area contributed by atoms with Gasteiger partial charge in [0.15, 0.2) is 0 Å². The Morgan fingerprint density at radius 3 is 2.22 bits per heavy atom. The standard InChI is InChI=1S/C15H27N3/c1-6-14-17-13(9-16)12(8-7-10(2)3)15(18-14)11(4)5/h10-11H,6-9,16H2,1-5H3. The normalized spacial score (nSPS) is 11.6. The fraction of sp³-hybridized carbons (Fsp3) is 0.733. The van der Waals surface area contributed by atoms with Crippen molar-refractivity contribution in [3.8, 4) is 0 Å². The van der Waals surface area contributed by atoms with Crippen LogP contribution in [0.4, 0.5) is 0 Å². The van der Waals surface area contributed by atoms with Gasteiger partial charge in [-0.05, 0) is 30.2 Å². The molecule has 0 radical (unpaired) electrons. The fourth-order valence-corrected chi connectivity index (χ4v) is 2.11. The van der Waals surface area contributed by atoms with E-state index in [9.17, 15) is 0 Å². The lowest BCUT2D eigenvalue weighted by molar-refractivity contribution is 0.575. The molecule has 102 valence electrons. The summed E-state index contributed by atoms with van der Waals surface area (Å²) in [6.45, 7) is 11.5. The van der Waals surface area contributed by atoms with Crippen LogP contribution >= 0.6 is 0 Å². The highest BCUT2D eigenvalue weighted by Crippen LogP contribution is 2.23. The van der Waals surface area contributed by atoms with Gasteiger partial charge in [-0.3, -0.25) is 0 Å². The molecule has 0 amide bonds. The summed E-state index contributed by atoms with van der Waals surface area (Å²) in [6.07, 6.45) is 3.08. The van der Waals surface area contributed by atoms with Gasteiger partial charge in [0.1, 0.15) is 5.82 Å². The second-order valence-electron chi connectivity index (χ2n) is 5.60. The van der Waals surface area contributed by atoms with Crippen LogP contribution in [-0.4, -0.2) is 9.97 Å². The molecule has 0 saturated carbocycles. The minimum Gasteiger partial charge on any atom is -0.325 e. The van der Waals surface area contributed by atoms with Crippen LogP contribution in [-0.2, 0) is 19.4 Å². The Bertz CT molecular complexity index is 384. The van der Waals surface area contributed by atoms with E-state index >= 15 is 0 Å². The Hall–Kier alpha value is -0.960. The van der Waals surface area contributed by atoms with Crippen molar-refractivity contribution in [1.82, 2.24) is 9.97 Å². The monoisotopic (exact) mass is 249 g/mol. The highest BCUT2D eigenvalue weighted by atomic mass is 14.9. The van der Waals surface area contributed by atoms with E-state index in [-0.39, 0.29) is 0 Å². The average molecular weight is 249 g/mol. The molecule has 3 heteroatoms. The lowest BCUT2D eigenvalue weighted by Crippen LogP contribution is -2.14. The number of nitrogens with zero attached hydrogens (tertiary/aromatic N) is 2. The van der Waals surface area contributed by atoms with Crippen LogP contribution in [0, 0.1) is 5.92 Å². The molecule has 1 rings (SSSR count). The smallest absolute Gasteiger partial charge is 0.128 e. The van der Waals surface area contributed by atoms with Gasteiger partial charge in [0.05, 0.1) is 11.4 Å². The quantitative estimate of drug-likeness (QED) is 0.842. The first-order chi connectivity index (χ1) is 8.49. The molecule has 0 aliphatic rings. The zero-order valence-corrected chi connectivity index (χ0v) is 12.5. The summed E-state index contributed by atoms with van der Waals surface area (Å²) >= 11 is 0. The van der Waals surface area contributed by atoms with E-state index < -0.39 is 0 Å². The maximum Gasteiger partial charge on any atom is 0.128 e. The van der Waals surface area contributed by atoms with E-state index in [1.165, 1.54) is 17.7 Å². The first kappa shape index (κ1) is 15.1. The van der Waals surface area contributed by atoms with Gasteiger partial charge in [0.25, 0.3) is 0 Å². The molecule has 0 saturated heterocycles. The predicted octanol–water partition coefficient (Wildman–Crippen LogP) is 3.21. The third kappa shape index (κ3) is 3.77. The van der Waals surface area contributed by atoms with Crippen molar-refractivity contribution < 1.29 is 0 Å². The van der Waals surface area contributed by atoms with Crippen LogP contribution in [0.15, 0.2) is 0 Å². The molecule has 3 nitrogen and oxygen atoms in total. The van der Waals surface area contributed by atoms with Crippen molar-refractivity contribution in [3.05, 3.63) is 22.8 Å². The van der Waals surface area contributed by atoms with Crippen molar-refractivity contribution in [3.63, 3.8) is 0 Å². The molecule has 1 aromatic heterocycles. The maximum atomic E-state index is 5.86. The number of hydrogen-bond acceptors (Lipinski definition) is 3. The van der Waals surface area contributed by atoms with E-state index in [4.69, 9.17) is 10.7 Å². The van der Waals surface area contributed by atoms with Crippen LogP contribution in [0.25, 0.3) is 0 Å². The zero-order valence-electron chi connectivity index (χ0n) is 12.5. The second kappa shape index (κ2) is 6.83. The first-order valence-corrected chi connectivity index (χ1v) is 7.08. The van der Waals surface area contributed by atoms with Crippen LogP contribution in [0.5, 0.6) is 0 Å². The molecule has 0 atom stereocenters. The topological polar surface area (TPSA) is 51.8 Å². The molecule has 0 fully saturated rings. The van der Waals surface area contributed by atoms with Crippen LogP contribution in [0.3, 0.4) is 0 Å². The molecule has 18 heavy (non-hydrogen) atoms. The molecule has 0 aromatic carbocycles. The lowest BCUT2D eigenvalue weighted by atomic mass is 9.95. The lowest BCUT2D eigenvalue weighted by Gasteiger charge is -2.17. The minimum absolute atomic E-state index is 0.436. The van der Waals surface area contributed by atoms with Gasteiger partial charge in [-0.1, -0.05) is 34.6 Å². The van der Waals surface area contributed by atoms with Gasteiger partial charge in [-0.25, -0.2) is 9.97 Å². The third-order valence-electron chi connectivity index (χ3n) is 3.20. The van der Waals surface area contributed by atoms with Gasteiger partial charge in [0.2, 0.25) is 0 Å². The minimum atomic E-state index is 0.436. The summed E-state index contributed by atoms with van der Waals surface area (Å²) in [6, 6.07) is 0. The fourth-order valence-electron chi connectivity index (χ4n) is 2.11. The number of rotatable bonds is 6. The van der Waals surface area contributed by atoms with Crippen molar-refractivity contribution in [1.29, 1.82) is 0 Å². The second-order valence-corrected chi connectivity index (χ2v) is 5.60. The van der Waals surface area contributed by atoms with Crippen LogP contribution in [0.2, 0.25) is 0 Å². The Morgan fingerprint density at radius 2 is 1.78 bits per heavy atom. The molecule has 0 aliphatic carbocycles. The molecular formula is C15H27N3. The van der Waals surface area contributed by atoms with E-state index in [1.54, 1.807) is 0 Å². The van der Waals surface area contributed by atoms with E-state index in [0.717, 1.165) is 24.4 Å². The molecule has 0 unspecified atom stereocenters. The van der Waals surface area contributed by atoms with Crippen molar-refractivity contribution in [2.45, 2.75) is 66.3 Å². The molecule has 2 N–H and O–H groups in total. The van der Waals surface area contributed by atoms with Gasteiger partial charge in [-0.15, -0.1) is 0 Å². The highest BCUT2D eigenvalue weighted by molar-refractivity contribution is 5.28. The summed E-state index contributed by atoms with van der Waals surface area (Å²) in [5.41, 5.74) is 9.39. The molecule has 0 aliphatic heterocycles. The van der Waals surface area contributed by atoms with E-state index in [1.807, 2.05) is 0 Å². The van der Waals surface area contributed by atoms with Crippen LogP contribution in [0.1, 0.15) is 69.7 Å². The average Bonchev–Trinajstić information content (AvgIpc) is 2.34. The summed E-state index contributed by atoms with van der Waals surface area (Å²) in [5, 5.41) is 0. The highest BCUT2D eigenvalue weighted by Gasteiger charge is 2.15. The van der Waals surface area contributed by atoms with Gasteiger partial charge >= 0.3 is 0 Å². The molecule has 0 spiro atoms. The number of nitrogens with two attached hydrogens (primary N) is 1. The number of aromatic nitrogens is 2. The molecule has 1 heterocycles. The van der Waals surface area contributed by atoms with Crippen molar-refractivity contribution in [2.75, 3.05) is 0 Å². The summed E-state index contributed by atoms with van der Waals surface area (Å²) < 4.78 is 0. The number of aryl methyl sites for hydroxylation is 1. The van der Waals surface area contributed by atoms with Crippen molar-refractivity contribution in [2.24, 2.45) is 11.7 Å². The van der Waals surface area contributed by atoms with E-state index in [2.05, 4.69) is 39.6 Å². The van der Waals surface area contributed by atoms with Gasteiger partial charge in [0, 0.05) is 13.0 Å². The Labute approximate surface area is 111 Å². The molecule has 1 aromatic rings. The van der Waals surface area contributed by atoms with Gasteiger partial charge < -0.3 is 5.73 Å². The Morgan fingerprint density at radius 1 is 1.11 bits per heavy atom. The SMILES string of the molecule is CCc1nc(CN)c(CCC(C)C)c(C(C)C)n1. The van der Waals surface area contributed by atoms with Crippen molar-refractivity contribution >= 4 is 0 Å². The molecular weight excluding hydrogens is 222 g/mol. The predicted molar refractivity (Wildman–Crippen MR) is 76.5 cm³/mol. The van der Waals surface area contributed by atoms with Gasteiger partial charge in [-0.2, -0.15) is 0 Å². The first-order valence-electron chi connectivity index (χ1n) is 7.08. The summed E-state index contributed by atoms with van der Waals surface area (Å²) in [5.74, 6) is 2.06. The van der Waals surface area contributed by atoms with Crippen LogP contribution < -0.4 is 5.73 Å². The molecule has 0 bridgehead atoms. The zero-order chi connectivity index (χ0) is 13.7. The summed E-state index contributed by atoms with van der Waals surface area (Å²) in [4.78, 5) is 9.31. The summed E-state index contributed by atoms with van der Waals surface area (Å²) in [7, 11) is 0. The Balaban J connectivity index is 3.17. The van der Waals surface area contributed by atoms with E-state index in [0.29, 0.717) is 18.4 Å². The third-order valence-corrected chi connectivity index (χ3v) is 3.20.